The minimum atomic E-state index is -0.571. The van der Waals surface area contributed by atoms with Crippen LogP contribution in [0.25, 0.3) is 0 Å². The van der Waals surface area contributed by atoms with E-state index in [1.54, 1.807) is 0 Å². The molecule has 2 aliphatic rings. The first-order valence-corrected chi connectivity index (χ1v) is 16.5. The molecule has 0 spiro atoms. The molecule has 1 aromatic heterocycles. The van der Waals surface area contributed by atoms with Crippen molar-refractivity contribution >= 4 is 30.0 Å². The van der Waals surface area contributed by atoms with Crippen molar-refractivity contribution in [1.29, 1.82) is 0 Å². The summed E-state index contributed by atoms with van der Waals surface area (Å²) in [5, 5.41) is 3.14. The van der Waals surface area contributed by atoms with Gasteiger partial charge in [0.05, 0.1) is 17.5 Å². The second-order valence-corrected chi connectivity index (χ2v) is 12.1. The monoisotopic (exact) mass is 583 g/mol. The Morgan fingerprint density at radius 3 is 2.41 bits per heavy atom. The molecule has 0 radical (unpaired) electrons. The van der Waals surface area contributed by atoms with E-state index in [-0.39, 0.29) is 23.6 Å². The van der Waals surface area contributed by atoms with Crippen molar-refractivity contribution in [2.24, 2.45) is 5.92 Å². The lowest BCUT2D eigenvalue weighted by atomic mass is 9.89. The first kappa shape index (κ1) is 32.8. The average Bonchev–Trinajstić information content (AvgIpc) is 3.01. The van der Waals surface area contributed by atoms with Gasteiger partial charge in [0.15, 0.2) is 0 Å². The van der Waals surface area contributed by atoms with Crippen LogP contribution in [-0.2, 0) is 22.4 Å². The van der Waals surface area contributed by atoms with Gasteiger partial charge in [0.1, 0.15) is 5.82 Å². The lowest BCUT2D eigenvalue weighted by Gasteiger charge is -2.34. The van der Waals surface area contributed by atoms with Gasteiger partial charge in [-0.05, 0) is 93.3 Å². The average molecular weight is 584 g/mol. The molecule has 1 N–H and O–H groups in total. The molecule has 0 bridgehead atoms. The number of carbonyl (C=O) groups excluding carboxylic acids is 3. The zero-order chi connectivity index (χ0) is 29.5. The van der Waals surface area contributed by atoms with Crippen LogP contribution in [0, 0.1) is 11.7 Å². The molecule has 41 heavy (non-hydrogen) atoms. The number of aromatic nitrogens is 1. The quantitative estimate of drug-likeness (QED) is 0.221. The predicted octanol–water partition coefficient (Wildman–Crippen LogP) is 6.76. The van der Waals surface area contributed by atoms with Crippen LogP contribution in [0.3, 0.4) is 0 Å². The van der Waals surface area contributed by atoms with Gasteiger partial charge in [-0.15, -0.1) is 0 Å². The van der Waals surface area contributed by atoms with E-state index in [4.69, 9.17) is 0 Å². The van der Waals surface area contributed by atoms with E-state index < -0.39 is 11.7 Å². The first-order chi connectivity index (χ1) is 20.0. The number of thioether (sulfide) groups is 1. The van der Waals surface area contributed by atoms with Gasteiger partial charge in [0.2, 0.25) is 12.3 Å². The number of unbranched alkanes of at least 4 members (excludes halogenated alkanes) is 2. The van der Waals surface area contributed by atoms with E-state index in [0.29, 0.717) is 56.5 Å². The zero-order valence-electron chi connectivity index (χ0n) is 24.7. The topological polar surface area (TPSA) is 79.4 Å². The number of nitrogens with zero attached hydrogens (tertiary/aromatic N) is 2. The van der Waals surface area contributed by atoms with Crippen LogP contribution in [0.1, 0.15) is 99.7 Å². The second-order valence-electron chi connectivity index (χ2n) is 10.8. The fourth-order valence-electron chi connectivity index (χ4n) is 5.71. The highest BCUT2D eigenvalue weighted by Gasteiger charge is 2.31. The molecular formula is C33H46FN3O3S. The summed E-state index contributed by atoms with van der Waals surface area (Å²) in [4.78, 5) is 43.4. The van der Waals surface area contributed by atoms with Crippen molar-refractivity contribution in [1.82, 2.24) is 15.2 Å². The van der Waals surface area contributed by atoms with Gasteiger partial charge in [0, 0.05) is 18.5 Å². The Hall–Kier alpha value is -2.74. The van der Waals surface area contributed by atoms with E-state index in [9.17, 15) is 18.8 Å². The predicted molar refractivity (Wildman–Crippen MR) is 164 cm³/mol. The van der Waals surface area contributed by atoms with Crippen LogP contribution >= 0.6 is 11.8 Å². The molecule has 1 saturated heterocycles. The third kappa shape index (κ3) is 10.6. The first-order valence-electron chi connectivity index (χ1n) is 15.4. The van der Waals surface area contributed by atoms with Gasteiger partial charge >= 0.3 is 0 Å². The molecule has 8 heteroatoms. The maximum absolute atomic E-state index is 14.1. The van der Waals surface area contributed by atoms with Crippen LogP contribution in [0.2, 0.25) is 0 Å². The Morgan fingerprint density at radius 1 is 1.02 bits per heavy atom. The van der Waals surface area contributed by atoms with Crippen LogP contribution in [0.5, 0.6) is 0 Å². The number of nitrogens with one attached hydrogen (secondary N) is 1. The van der Waals surface area contributed by atoms with Gasteiger partial charge in [-0.1, -0.05) is 50.6 Å². The Morgan fingerprint density at radius 2 is 1.73 bits per heavy atom. The van der Waals surface area contributed by atoms with Crippen molar-refractivity contribution in [2.45, 2.75) is 103 Å². The van der Waals surface area contributed by atoms with Gasteiger partial charge in [0.25, 0.3) is 5.91 Å². The van der Waals surface area contributed by atoms with E-state index in [1.165, 1.54) is 16.5 Å². The Bertz CT molecular complexity index is 1090. The van der Waals surface area contributed by atoms with Gasteiger partial charge < -0.3 is 5.32 Å². The van der Waals surface area contributed by atoms with Gasteiger partial charge in [-0.3, -0.25) is 24.3 Å². The summed E-state index contributed by atoms with van der Waals surface area (Å²) < 4.78 is 14.1. The number of hydrogen-bond acceptors (Lipinski definition) is 5. The van der Waals surface area contributed by atoms with Crippen LogP contribution in [0.4, 0.5) is 4.39 Å². The molecule has 224 valence electrons. The number of amides is 3. The zero-order valence-corrected chi connectivity index (χ0v) is 25.5. The molecule has 2 aromatic rings. The standard InChI is InChI=1S/C31H40FN3O3S.C2H6/c32-25-20-28(29(33-21-25)19-24-15-17-39-18-16-24)31(38)35(22-36)27-13-11-26(12-14-27)34-30(37)10-6-2-5-9-23-7-3-1-4-8-23;1-2/h1,3-4,7-8,20-22,24,26-27H,2,5-6,9-19H2,(H,34,37);1-2H3. The number of benzene rings is 1. The maximum atomic E-state index is 14.1. The van der Waals surface area contributed by atoms with Crippen molar-refractivity contribution in [3.8, 4) is 0 Å². The van der Waals surface area contributed by atoms with Crippen LogP contribution < -0.4 is 5.32 Å². The lowest BCUT2D eigenvalue weighted by molar-refractivity contribution is -0.123. The molecule has 1 aromatic carbocycles. The number of halogens is 1. The van der Waals surface area contributed by atoms with Crippen molar-refractivity contribution in [2.75, 3.05) is 11.5 Å². The Labute approximate surface area is 249 Å². The fraction of sp³-hybridized carbons (Fsp3) is 0.576. The molecule has 1 aliphatic heterocycles. The van der Waals surface area contributed by atoms with E-state index in [2.05, 4.69) is 34.6 Å². The Kier molecular flexibility index (Phi) is 14.3. The highest BCUT2D eigenvalue weighted by molar-refractivity contribution is 7.99. The number of hydrogen-bond donors (Lipinski definition) is 1. The van der Waals surface area contributed by atoms with Crippen molar-refractivity contribution < 1.29 is 18.8 Å². The van der Waals surface area contributed by atoms with Gasteiger partial charge in [-0.25, -0.2) is 4.39 Å². The number of carbonyl (C=O) groups is 3. The molecule has 2 fully saturated rings. The van der Waals surface area contributed by atoms with E-state index >= 15 is 0 Å². The summed E-state index contributed by atoms with van der Waals surface area (Å²) in [5.74, 6) is 1.62. The fourth-order valence-corrected chi connectivity index (χ4v) is 6.92. The molecule has 0 atom stereocenters. The molecule has 1 saturated carbocycles. The summed E-state index contributed by atoms with van der Waals surface area (Å²) >= 11 is 1.93. The van der Waals surface area contributed by atoms with E-state index in [0.717, 1.165) is 56.2 Å². The minimum Gasteiger partial charge on any atom is -0.353 e. The molecule has 6 nitrogen and oxygen atoms in total. The number of imide groups is 1. The number of pyridine rings is 1. The third-order valence-electron chi connectivity index (χ3n) is 8.01. The van der Waals surface area contributed by atoms with Crippen LogP contribution in [-0.4, -0.2) is 51.7 Å². The number of aryl methyl sites for hydroxylation is 1. The summed E-state index contributed by atoms with van der Waals surface area (Å²) in [6.07, 6.45) is 11.6. The number of rotatable bonds is 12. The smallest absolute Gasteiger partial charge is 0.262 e. The summed E-state index contributed by atoms with van der Waals surface area (Å²) in [5.41, 5.74) is 2.10. The molecule has 1 aliphatic carbocycles. The molecule has 2 heterocycles. The molecule has 4 rings (SSSR count). The molecule has 3 amide bonds. The SMILES string of the molecule is CC.O=CN(C(=O)c1cc(F)cnc1CC1CCSCC1)C1CCC(NC(=O)CCCCCc2ccccc2)CC1. The second kappa shape index (κ2) is 17.9. The highest BCUT2D eigenvalue weighted by Crippen LogP contribution is 2.28. The van der Waals surface area contributed by atoms with E-state index in [1.807, 2.05) is 31.7 Å². The molecule has 0 unspecified atom stereocenters. The van der Waals surface area contributed by atoms with Crippen molar-refractivity contribution in [3.05, 3.63) is 65.2 Å². The third-order valence-corrected chi connectivity index (χ3v) is 9.05. The lowest BCUT2D eigenvalue weighted by Crippen LogP contribution is -2.46. The normalized spacial score (nSPS) is 19.0. The summed E-state index contributed by atoms with van der Waals surface area (Å²) in [6, 6.07) is 11.4. The van der Waals surface area contributed by atoms with Crippen molar-refractivity contribution in [3.63, 3.8) is 0 Å². The summed E-state index contributed by atoms with van der Waals surface area (Å²) in [6.45, 7) is 4.00. The van der Waals surface area contributed by atoms with Crippen LogP contribution in [0.15, 0.2) is 42.6 Å². The highest BCUT2D eigenvalue weighted by atomic mass is 32.2. The molecular weight excluding hydrogens is 537 g/mol. The minimum absolute atomic E-state index is 0.0530. The largest absolute Gasteiger partial charge is 0.353 e. The van der Waals surface area contributed by atoms with Gasteiger partial charge in [-0.2, -0.15) is 11.8 Å². The maximum Gasteiger partial charge on any atom is 0.262 e. The Balaban J connectivity index is 0.00000226. The summed E-state index contributed by atoms with van der Waals surface area (Å²) in [7, 11) is 0.